The van der Waals surface area contributed by atoms with Gasteiger partial charge in [-0.1, -0.05) is 25.1 Å². The Morgan fingerprint density at radius 2 is 1.70 bits per heavy atom. The van der Waals surface area contributed by atoms with E-state index in [1.165, 1.54) is 7.11 Å². The number of amides is 1. The van der Waals surface area contributed by atoms with Crippen LogP contribution in [0.3, 0.4) is 0 Å². The van der Waals surface area contributed by atoms with Gasteiger partial charge < -0.3 is 14.8 Å². The highest BCUT2D eigenvalue weighted by molar-refractivity contribution is 5.95. The molecule has 23 heavy (non-hydrogen) atoms. The van der Waals surface area contributed by atoms with Crippen molar-refractivity contribution in [2.24, 2.45) is 0 Å². The fraction of sp³-hybridized carbons (Fsp3) is 0.222. The van der Waals surface area contributed by atoms with E-state index in [1.807, 2.05) is 25.1 Å². The molecule has 1 N–H and O–H groups in total. The van der Waals surface area contributed by atoms with Crippen molar-refractivity contribution in [1.29, 1.82) is 0 Å². The Morgan fingerprint density at radius 1 is 1.04 bits per heavy atom. The molecule has 0 aliphatic rings. The molecule has 120 valence electrons. The largest absolute Gasteiger partial charge is 0.481 e. The first-order valence-corrected chi connectivity index (χ1v) is 7.35. The van der Waals surface area contributed by atoms with E-state index >= 15 is 0 Å². The summed E-state index contributed by atoms with van der Waals surface area (Å²) in [7, 11) is 1.32. The van der Waals surface area contributed by atoms with Gasteiger partial charge in [0, 0.05) is 5.69 Å². The molecule has 0 aromatic heterocycles. The van der Waals surface area contributed by atoms with E-state index < -0.39 is 12.1 Å². The first-order chi connectivity index (χ1) is 11.1. The quantitative estimate of drug-likeness (QED) is 0.831. The van der Waals surface area contributed by atoms with Gasteiger partial charge in [0.2, 0.25) is 0 Å². The van der Waals surface area contributed by atoms with E-state index in [1.54, 1.807) is 36.4 Å². The Labute approximate surface area is 135 Å². The molecule has 0 aliphatic heterocycles. The maximum Gasteiger partial charge on any atom is 0.337 e. The van der Waals surface area contributed by atoms with Crippen molar-refractivity contribution >= 4 is 17.6 Å². The number of nitrogens with one attached hydrogen (secondary N) is 1. The van der Waals surface area contributed by atoms with Gasteiger partial charge in [0.15, 0.2) is 6.10 Å². The normalized spacial score (nSPS) is 11.4. The number of hydrogen-bond donors (Lipinski definition) is 1. The molecule has 5 nitrogen and oxygen atoms in total. The molecule has 1 amide bonds. The molecular weight excluding hydrogens is 294 g/mol. The fourth-order valence-corrected chi connectivity index (χ4v) is 2.02. The molecule has 2 aromatic rings. The monoisotopic (exact) mass is 313 g/mol. The average molecular weight is 313 g/mol. The van der Waals surface area contributed by atoms with Crippen LogP contribution in [0.4, 0.5) is 5.69 Å². The van der Waals surface area contributed by atoms with Crippen LogP contribution in [0.15, 0.2) is 54.6 Å². The van der Waals surface area contributed by atoms with Gasteiger partial charge in [0.25, 0.3) is 5.91 Å². The van der Waals surface area contributed by atoms with Crippen molar-refractivity contribution in [1.82, 2.24) is 0 Å². The van der Waals surface area contributed by atoms with Gasteiger partial charge >= 0.3 is 5.97 Å². The van der Waals surface area contributed by atoms with Crippen LogP contribution in [0.5, 0.6) is 5.75 Å². The highest BCUT2D eigenvalue weighted by atomic mass is 16.5. The highest BCUT2D eigenvalue weighted by Crippen LogP contribution is 2.15. The van der Waals surface area contributed by atoms with Gasteiger partial charge in [-0.15, -0.1) is 0 Å². The van der Waals surface area contributed by atoms with Crippen LogP contribution < -0.4 is 10.1 Å². The molecule has 1 unspecified atom stereocenters. The Balaban J connectivity index is 2.00. The summed E-state index contributed by atoms with van der Waals surface area (Å²) in [5.74, 6) is -0.000525. The molecule has 0 heterocycles. The summed E-state index contributed by atoms with van der Waals surface area (Å²) in [4.78, 5) is 23.7. The topological polar surface area (TPSA) is 64.6 Å². The van der Waals surface area contributed by atoms with Crippen molar-refractivity contribution in [3.63, 3.8) is 0 Å². The first-order valence-electron chi connectivity index (χ1n) is 7.35. The van der Waals surface area contributed by atoms with Crippen LogP contribution in [0.1, 0.15) is 23.7 Å². The maximum atomic E-state index is 12.3. The zero-order valence-corrected chi connectivity index (χ0v) is 13.1. The third kappa shape index (κ3) is 4.57. The lowest BCUT2D eigenvalue weighted by molar-refractivity contribution is -0.122. The van der Waals surface area contributed by atoms with Crippen molar-refractivity contribution in [3.8, 4) is 5.75 Å². The lowest BCUT2D eigenvalue weighted by Gasteiger charge is -2.17. The summed E-state index contributed by atoms with van der Waals surface area (Å²) >= 11 is 0. The molecule has 0 bridgehead atoms. The minimum atomic E-state index is -0.585. The van der Waals surface area contributed by atoms with E-state index in [9.17, 15) is 9.59 Å². The number of anilines is 1. The summed E-state index contributed by atoms with van der Waals surface area (Å²) in [6.45, 7) is 1.88. The Bertz CT molecular complexity index is 652. The zero-order valence-electron chi connectivity index (χ0n) is 13.1. The summed E-state index contributed by atoms with van der Waals surface area (Å²) in [5.41, 5.74) is 1.02. The van der Waals surface area contributed by atoms with Crippen molar-refractivity contribution < 1.29 is 19.1 Å². The van der Waals surface area contributed by atoms with Gasteiger partial charge in [-0.2, -0.15) is 0 Å². The molecule has 0 fully saturated rings. The number of ether oxygens (including phenoxy) is 2. The third-order valence-electron chi connectivity index (χ3n) is 3.26. The molecule has 0 aliphatic carbocycles. The van der Waals surface area contributed by atoms with E-state index in [-0.39, 0.29) is 5.91 Å². The van der Waals surface area contributed by atoms with Crippen LogP contribution in [-0.4, -0.2) is 25.1 Å². The Morgan fingerprint density at radius 3 is 2.26 bits per heavy atom. The summed E-state index contributed by atoms with van der Waals surface area (Å²) in [5, 5.41) is 2.78. The van der Waals surface area contributed by atoms with Gasteiger partial charge in [0.05, 0.1) is 12.7 Å². The van der Waals surface area contributed by atoms with E-state index in [2.05, 4.69) is 10.1 Å². The maximum absolute atomic E-state index is 12.3. The van der Waals surface area contributed by atoms with Crippen LogP contribution in [-0.2, 0) is 9.53 Å². The van der Waals surface area contributed by atoms with Crippen molar-refractivity contribution in [2.75, 3.05) is 12.4 Å². The molecule has 0 radical (unpaired) electrons. The van der Waals surface area contributed by atoms with Gasteiger partial charge in [-0.3, -0.25) is 4.79 Å². The number of rotatable bonds is 6. The highest BCUT2D eigenvalue weighted by Gasteiger charge is 2.18. The SMILES string of the molecule is CCC(Oc1ccccc1)C(=O)Nc1ccc(C(=O)OC)cc1. The number of hydrogen-bond acceptors (Lipinski definition) is 4. The zero-order chi connectivity index (χ0) is 16.7. The summed E-state index contributed by atoms with van der Waals surface area (Å²) in [6, 6.07) is 15.7. The molecule has 0 saturated carbocycles. The second-order valence-corrected chi connectivity index (χ2v) is 4.89. The second kappa shape index (κ2) is 7.98. The van der Waals surface area contributed by atoms with E-state index in [0.717, 1.165) is 0 Å². The second-order valence-electron chi connectivity index (χ2n) is 4.89. The van der Waals surface area contributed by atoms with Crippen molar-refractivity contribution in [3.05, 3.63) is 60.2 Å². The van der Waals surface area contributed by atoms with Gasteiger partial charge in [-0.25, -0.2) is 4.79 Å². The summed E-state index contributed by atoms with van der Waals surface area (Å²) in [6.07, 6.45) is -0.0428. The smallest absolute Gasteiger partial charge is 0.337 e. The summed E-state index contributed by atoms with van der Waals surface area (Å²) < 4.78 is 10.3. The van der Waals surface area contributed by atoms with Crippen molar-refractivity contribution in [2.45, 2.75) is 19.4 Å². The Hall–Kier alpha value is -2.82. The number of methoxy groups -OCH3 is 1. The minimum absolute atomic E-state index is 0.234. The predicted molar refractivity (Wildman–Crippen MR) is 87.6 cm³/mol. The molecule has 2 aromatic carbocycles. The fourth-order valence-electron chi connectivity index (χ4n) is 2.02. The average Bonchev–Trinajstić information content (AvgIpc) is 2.60. The minimum Gasteiger partial charge on any atom is -0.481 e. The molecule has 5 heteroatoms. The molecule has 1 atom stereocenters. The standard InChI is InChI=1S/C18H19NO4/c1-3-16(23-15-7-5-4-6-8-15)17(20)19-14-11-9-13(10-12-14)18(21)22-2/h4-12,16H,3H2,1-2H3,(H,19,20). The number of benzene rings is 2. The third-order valence-corrected chi connectivity index (χ3v) is 3.26. The van der Waals surface area contributed by atoms with Gasteiger partial charge in [-0.05, 0) is 42.8 Å². The lowest BCUT2D eigenvalue weighted by Crippen LogP contribution is -2.32. The lowest BCUT2D eigenvalue weighted by atomic mass is 10.2. The van der Waals surface area contributed by atoms with Crippen LogP contribution in [0.2, 0.25) is 0 Å². The molecule has 0 saturated heterocycles. The molecule has 0 spiro atoms. The van der Waals surface area contributed by atoms with Crippen LogP contribution in [0, 0.1) is 0 Å². The van der Waals surface area contributed by atoms with Crippen LogP contribution >= 0.6 is 0 Å². The number of esters is 1. The predicted octanol–water partition coefficient (Wildman–Crippen LogP) is 3.27. The van der Waals surface area contributed by atoms with E-state index in [4.69, 9.17) is 4.74 Å². The number of carbonyl (C=O) groups excluding carboxylic acids is 2. The van der Waals surface area contributed by atoms with E-state index in [0.29, 0.717) is 23.4 Å². The van der Waals surface area contributed by atoms with Gasteiger partial charge in [0.1, 0.15) is 5.75 Å². The van der Waals surface area contributed by atoms with Crippen LogP contribution in [0.25, 0.3) is 0 Å². The first kappa shape index (κ1) is 16.5. The number of para-hydroxylation sites is 1. The Kier molecular flexibility index (Phi) is 5.74. The molecular formula is C18H19NO4. The number of carbonyl (C=O) groups is 2. The molecule has 2 rings (SSSR count).